The van der Waals surface area contributed by atoms with Gasteiger partial charge in [0.25, 0.3) is 5.91 Å². The maximum Gasteiger partial charge on any atom is 0.573 e. The smallest absolute Gasteiger partial charge is 0.481 e. The first kappa shape index (κ1) is 21.1. The molecule has 0 aliphatic carbocycles. The summed E-state index contributed by atoms with van der Waals surface area (Å²) in [6.07, 6.45) is -5.58. The van der Waals surface area contributed by atoms with Crippen molar-refractivity contribution >= 4 is 17.5 Å². The third-order valence-electron chi connectivity index (χ3n) is 3.53. The maximum absolute atomic E-state index is 12.3. The summed E-state index contributed by atoms with van der Waals surface area (Å²) in [5.41, 5.74) is 0.272. The van der Waals surface area contributed by atoms with E-state index < -0.39 is 30.0 Å². The molecule has 2 aromatic rings. The number of nitrogens with one attached hydrogen (secondary N) is 1. The lowest BCUT2D eigenvalue weighted by atomic mass is 10.3. The highest BCUT2D eigenvalue weighted by molar-refractivity contribution is 5.95. The second kappa shape index (κ2) is 9.12. The van der Waals surface area contributed by atoms with Crippen LogP contribution >= 0.6 is 0 Å². The molecule has 6 nitrogen and oxygen atoms in total. The van der Waals surface area contributed by atoms with E-state index in [0.29, 0.717) is 5.75 Å². The van der Waals surface area contributed by atoms with Crippen molar-refractivity contribution in [1.82, 2.24) is 4.90 Å². The van der Waals surface area contributed by atoms with Crippen LogP contribution in [0.1, 0.15) is 6.92 Å². The number of amides is 2. The van der Waals surface area contributed by atoms with Crippen LogP contribution in [0.5, 0.6) is 11.5 Å². The van der Waals surface area contributed by atoms with Gasteiger partial charge >= 0.3 is 6.36 Å². The molecular weight excluding hydrogens is 377 g/mol. The van der Waals surface area contributed by atoms with Gasteiger partial charge in [-0.05, 0) is 43.3 Å². The number of carbonyl (C=O) groups excluding carboxylic acids is 2. The Kier molecular flexibility index (Phi) is 6.86. The first-order valence-electron chi connectivity index (χ1n) is 8.26. The van der Waals surface area contributed by atoms with Crippen LogP contribution in [-0.4, -0.2) is 42.8 Å². The number of likely N-dealkylation sites (N-methyl/N-ethyl adjacent to an activating group) is 1. The highest BCUT2D eigenvalue weighted by atomic mass is 19.4. The molecular formula is C19H19F3N2O4. The molecule has 0 aliphatic rings. The van der Waals surface area contributed by atoms with Crippen molar-refractivity contribution in [2.24, 2.45) is 0 Å². The number of benzene rings is 2. The van der Waals surface area contributed by atoms with Gasteiger partial charge in [-0.2, -0.15) is 0 Å². The molecule has 9 heteroatoms. The SMILES string of the molecule is C[C@@H](Oc1ccccc1)C(=O)N(C)CC(=O)Nc1ccc(OC(F)(F)F)cc1. The zero-order valence-corrected chi connectivity index (χ0v) is 15.2. The molecule has 0 saturated carbocycles. The maximum atomic E-state index is 12.3. The van der Waals surface area contributed by atoms with Crippen LogP contribution < -0.4 is 14.8 Å². The summed E-state index contributed by atoms with van der Waals surface area (Å²) in [5.74, 6) is -0.771. The van der Waals surface area contributed by atoms with Crippen LogP contribution in [0.15, 0.2) is 54.6 Å². The highest BCUT2D eigenvalue weighted by Crippen LogP contribution is 2.23. The first-order valence-corrected chi connectivity index (χ1v) is 8.26. The predicted octanol–water partition coefficient (Wildman–Crippen LogP) is 3.45. The number of hydrogen-bond donors (Lipinski definition) is 1. The Morgan fingerprint density at radius 3 is 2.21 bits per heavy atom. The Bertz CT molecular complexity index is 795. The number of anilines is 1. The van der Waals surface area contributed by atoms with Crippen molar-refractivity contribution in [2.75, 3.05) is 18.9 Å². The van der Waals surface area contributed by atoms with Gasteiger partial charge in [-0.25, -0.2) is 0 Å². The Labute approximate surface area is 159 Å². The second-order valence-corrected chi connectivity index (χ2v) is 5.89. The molecule has 0 bridgehead atoms. The molecule has 0 unspecified atom stereocenters. The van der Waals surface area contributed by atoms with E-state index in [9.17, 15) is 22.8 Å². The zero-order valence-electron chi connectivity index (χ0n) is 15.2. The molecule has 1 atom stereocenters. The van der Waals surface area contributed by atoms with E-state index in [1.807, 2.05) is 6.07 Å². The fraction of sp³-hybridized carbons (Fsp3) is 0.263. The van der Waals surface area contributed by atoms with E-state index in [2.05, 4.69) is 10.1 Å². The van der Waals surface area contributed by atoms with Gasteiger partial charge in [0.05, 0.1) is 6.54 Å². The molecule has 2 amide bonds. The lowest BCUT2D eigenvalue weighted by Gasteiger charge is -2.21. The van der Waals surface area contributed by atoms with Crippen molar-refractivity contribution in [3.63, 3.8) is 0 Å². The third kappa shape index (κ3) is 6.82. The van der Waals surface area contributed by atoms with Crippen molar-refractivity contribution in [1.29, 1.82) is 0 Å². The van der Waals surface area contributed by atoms with E-state index in [1.165, 1.54) is 24.1 Å². The van der Waals surface area contributed by atoms with Crippen LogP contribution in [-0.2, 0) is 9.59 Å². The summed E-state index contributed by atoms with van der Waals surface area (Å²) in [7, 11) is 1.45. The van der Waals surface area contributed by atoms with Crippen molar-refractivity contribution in [3.8, 4) is 11.5 Å². The molecule has 2 rings (SSSR count). The predicted molar refractivity (Wildman–Crippen MR) is 95.9 cm³/mol. The molecule has 28 heavy (non-hydrogen) atoms. The Morgan fingerprint density at radius 2 is 1.64 bits per heavy atom. The molecule has 1 N–H and O–H groups in total. The first-order chi connectivity index (χ1) is 13.1. The third-order valence-corrected chi connectivity index (χ3v) is 3.53. The van der Waals surface area contributed by atoms with Crippen LogP contribution in [0.4, 0.5) is 18.9 Å². The van der Waals surface area contributed by atoms with E-state index >= 15 is 0 Å². The average molecular weight is 396 g/mol. The number of alkyl halides is 3. The number of rotatable bonds is 7. The minimum atomic E-state index is -4.79. The summed E-state index contributed by atoms with van der Waals surface area (Å²) in [6.45, 7) is 1.32. The van der Waals surface area contributed by atoms with Gasteiger partial charge in [-0.3, -0.25) is 9.59 Å². The standard InChI is InChI=1S/C19H19F3N2O4/c1-13(27-15-6-4-3-5-7-15)18(26)24(2)12-17(25)23-14-8-10-16(11-9-14)28-19(20,21)22/h3-11,13H,12H2,1-2H3,(H,23,25)/t13-/m1/s1. The minimum absolute atomic E-state index is 0.248. The van der Waals surface area contributed by atoms with Crippen molar-refractivity contribution in [2.45, 2.75) is 19.4 Å². The number of hydrogen-bond acceptors (Lipinski definition) is 4. The van der Waals surface area contributed by atoms with Gasteiger partial charge in [-0.15, -0.1) is 13.2 Å². The number of ether oxygens (including phenoxy) is 2. The van der Waals surface area contributed by atoms with Gasteiger partial charge in [-0.1, -0.05) is 18.2 Å². The molecule has 150 valence electrons. The minimum Gasteiger partial charge on any atom is -0.481 e. The molecule has 0 aliphatic heterocycles. The quantitative estimate of drug-likeness (QED) is 0.779. The van der Waals surface area contributed by atoms with Gasteiger partial charge in [0.2, 0.25) is 5.91 Å². The van der Waals surface area contributed by atoms with E-state index in [4.69, 9.17) is 4.74 Å². The van der Waals surface area contributed by atoms with Crippen molar-refractivity contribution < 1.29 is 32.2 Å². The monoisotopic (exact) mass is 396 g/mol. The van der Waals surface area contributed by atoms with E-state index in [0.717, 1.165) is 12.1 Å². The summed E-state index contributed by atoms with van der Waals surface area (Å²) in [6, 6.07) is 13.5. The summed E-state index contributed by atoms with van der Waals surface area (Å²) in [4.78, 5) is 25.6. The molecule has 0 saturated heterocycles. The largest absolute Gasteiger partial charge is 0.573 e. The van der Waals surface area contributed by atoms with Crippen LogP contribution in [0.25, 0.3) is 0 Å². The Balaban J connectivity index is 1.85. The normalized spacial score (nSPS) is 12.0. The van der Waals surface area contributed by atoms with Gasteiger partial charge < -0.3 is 19.7 Å². The Morgan fingerprint density at radius 1 is 1.04 bits per heavy atom. The topological polar surface area (TPSA) is 67.9 Å². The second-order valence-electron chi connectivity index (χ2n) is 5.89. The fourth-order valence-corrected chi connectivity index (χ4v) is 2.30. The van der Waals surface area contributed by atoms with E-state index in [-0.39, 0.29) is 12.2 Å². The highest BCUT2D eigenvalue weighted by Gasteiger charge is 2.31. The number of para-hydroxylation sites is 1. The van der Waals surface area contributed by atoms with Gasteiger partial charge in [0, 0.05) is 12.7 Å². The number of halogens is 3. The molecule has 0 spiro atoms. The summed E-state index contributed by atoms with van der Waals surface area (Å²) in [5, 5.41) is 2.50. The zero-order chi connectivity index (χ0) is 20.7. The lowest BCUT2D eigenvalue weighted by Crippen LogP contribution is -2.41. The van der Waals surface area contributed by atoms with Gasteiger partial charge in [0.1, 0.15) is 11.5 Å². The fourth-order valence-electron chi connectivity index (χ4n) is 2.30. The average Bonchev–Trinajstić information content (AvgIpc) is 2.62. The van der Waals surface area contributed by atoms with Crippen LogP contribution in [0.3, 0.4) is 0 Å². The molecule has 0 fully saturated rings. The molecule has 0 radical (unpaired) electrons. The molecule has 0 aromatic heterocycles. The summed E-state index contributed by atoms with van der Waals surface area (Å²) < 4.78 is 45.7. The van der Waals surface area contributed by atoms with Crippen LogP contribution in [0, 0.1) is 0 Å². The number of carbonyl (C=O) groups is 2. The Hall–Kier alpha value is -3.23. The molecule has 2 aromatic carbocycles. The summed E-state index contributed by atoms with van der Waals surface area (Å²) >= 11 is 0. The molecule has 0 heterocycles. The van der Waals surface area contributed by atoms with Crippen molar-refractivity contribution in [3.05, 3.63) is 54.6 Å². The van der Waals surface area contributed by atoms with Gasteiger partial charge in [0.15, 0.2) is 6.10 Å². The lowest BCUT2D eigenvalue weighted by molar-refractivity contribution is -0.274. The number of nitrogens with zero attached hydrogens (tertiary/aromatic N) is 1. The van der Waals surface area contributed by atoms with Crippen LogP contribution in [0.2, 0.25) is 0 Å². The van der Waals surface area contributed by atoms with E-state index in [1.54, 1.807) is 31.2 Å².